The molecular formula is C36H67N5O6. The van der Waals surface area contributed by atoms with E-state index in [9.17, 15) is 29.1 Å². The molecule has 5 amide bonds. The van der Waals surface area contributed by atoms with Crippen LogP contribution in [0, 0.1) is 23.2 Å². The zero-order valence-corrected chi connectivity index (χ0v) is 32.1. The SMILES string of the molecule is C/C=C/C[C@@H](C)[C@@H](O)[C@@H](C(=O)NC(CC)C(=O)N(C)CCC)N(C)C(=O)[C@H](C(C)C)N(C)C(=O)[C@H](CC(C)C)N(C)C(=O)C(C)(C)C. The van der Waals surface area contributed by atoms with Gasteiger partial charge in [-0.1, -0.05) is 81.4 Å². The fourth-order valence-corrected chi connectivity index (χ4v) is 5.83. The standard InChI is InChI=1S/C36H67N5O6/c1-16-19-20-25(8)30(42)29(31(43)37-26(18-3)32(44)38(12)21-17-2)41(15)34(46)28(24(6)7)40(14)33(45)27(22-23(4)5)39(13)35(47)36(9,10)11/h16,19,23-30,42H,17-18,20-22H2,1-15H3,(H,37,43)/b19-16+/t25-,26?,27+,28+,29+,30-/m1/s1. The highest BCUT2D eigenvalue weighted by Crippen LogP contribution is 2.25. The van der Waals surface area contributed by atoms with E-state index in [1.54, 1.807) is 60.7 Å². The Labute approximate surface area is 285 Å². The van der Waals surface area contributed by atoms with Gasteiger partial charge in [0.25, 0.3) is 0 Å². The summed E-state index contributed by atoms with van der Waals surface area (Å²) in [6, 6.07) is -3.95. The number of carbonyl (C=O) groups is 5. The quantitative estimate of drug-likeness (QED) is 0.213. The lowest BCUT2D eigenvalue weighted by Gasteiger charge is -2.41. The summed E-state index contributed by atoms with van der Waals surface area (Å²) < 4.78 is 0. The first-order valence-corrected chi connectivity index (χ1v) is 17.2. The second kappa shape index (κ2) is 19.8. The molecule has 0 aromatic rings. The van der Waals surface area contributed by atoms with Crippen LogP contribution in [0.3, 0.4) is 0 Å². The van der Waals surface area contributed by atoms with Crippen molar-refractivity contribution in [2.24, 2.45) is 23.2 Å². The van der Waals surface area contributed by atoms with E-state index in [2.05, 4.69) is 5.32 Å². The molecule has 0 aliphatic rings. The Morgan fingerprint density at radius 1 is 0.809 bits per heavy atom. The highest BCUT2D eigenvalue weighted by atomic mass is 16.3. The number of carbonyl (C=O) groups excluding carboxylic acids is 5. The van der Waals surface area contributed by atoms with Crippen molar-refractivity contribution in [3.05, 3.63) is 12.2 Å². The van der Waals surface area contributed by atoms with Gasteiger partial charge in [-0.3, -0.25) is 24.0 Å². The third kappa shape index (κ3) is 12.5. The Morgan fingerprint density at radius 2 is 1.34 bits per heavy atom. The summed E-state index contributed by atoms with van der Waals surface area (Å²) in [5, 5.41) is 14.4. The molecule has 272 valence electrons. The number of nitrogens with one attached hydrogen (secondary N) is 1. The molecule has 0 heterocycles. The molecule has 11 heteroatoms. The smallest absolute Gasteiger partial charge is 0.246 e. The fraction of sp³-hybridized carbons (Fsp3) is 0.806. The molecular weight excluding hydrogens is 598 g/mol. The van der Waals surface area contributed by atoms with E-state index in [0.29, 0.717) is 25.8 Å². The van der Waals surface area contributed by atoms with Crippen molar-refractivity contribution in [1.82, 2.24) is 24.9 Å². The molecule has 6 atom stereocenters. The molecule has 2 N–H and O–H groups in total. The summed E-state index contributed by atoms with van der Waals surface area (Å²) in [4.78, 5) is 74.5. The van der Waals surface area contributed by atoms with E-state index in [-0.39, 0.29) is 29.6 Å². The predicted octanol–water partition coefficient (Wildman–Crippen LogP) is 3.94. The van der Waals surface area contributed by atoms with Crippen molar-refractivity contribution in [1.29, 1.82) is 0 Å². The van der Waals surface area contributed by atoms with Crippen LogP contribution in [0.1, 0.15) is 102 Å². The molecule has 47 heavy (non-hydrogen) atoms. The highest BCUT2D eigenvalue weighted by molar-refractivity contribution is 5.96. The third-order valence-electron chi connectivity index (χ3n) is 8.70. The highest BCUT2D eigenvalue weighted by Gasteiger charge is 2.44. The van der Waals surface area contributed by atoms with E-state index in [1.807, 2.05) is 53.7 Å². The van der Waals surface area contributed by atoms with Gasteiger partial charge >= 0.3 is 0 Å². The van der Waals surface area contributed by atoms with Gasteiger partial charge in [0.1, 0.15) is 24.2 Å². The molecule has 0 aliphatic carbocycles. The van der Waals surface area contributed by atoms with Crippen LogP contribution in [-0.4, -0.2) is 119 Å². The Bertz CT molecular complexity index is 1070. The van der Waals surface area contributed by atoms with Gasteiger partial charge in [0.15, 0.2) is 0 Å². The maximum absolute atomic E-state index is 14.4. The summed E-state index contributed by atoms with van der Waals surface area (Å²) >= 11 is 0. The van der Waals surface area contributed by atoms with Gasteiger partial charge in [-0.05, 0) is 50.4 Å². The van der Waals surface area contributed by atoms with E-state index < -0.39 is 53.4 Å². The molecule has 0 fully saturated rings. The maximum atomic E-state index is 14.4. The van der Waals surface area contributed by atoms with Gasteiger partial charge < -0.3 is 30.0 Å². The second-order valence-electron chi connectivity index (χ2n) is 14.8. The van der Waals surface area contributed by atoms with Gasteiger partial charge in [-0.15, -0.1) is 0 Å². The minimum atomic E-state index is -1.33. The van der Waals surface area contributed by atoms with Crippen LogP contribution in [0.2, 0.25) is 0 Å². The first-order chi connectivity index (χ1) is 21.6. The Kier molecular flexibility index (Phi) is 18.5. The van der Waals surface area contributed by atoms with Crippen molar-refractivity contribution >= 4 is 29.5 Å². The Morgan fingerprint density at radius 3 is 1.77 bits per heavy atom. The van der Waals surface area contributed by atoms with Crippen molar-refractivity contribution in [3.8, 4) is 0 Å². The van der Waals surface area contributed by atoms with Gasteiger partial charge in [-0.25, -0.2) is 0 Å². The topological polar surface area (TPSA) is 131 Å². The van der Waals surface area contributed by atoms with Crippen LogP contribution >= 0.6 is 0 Å². The van der Waals surface area contributed by atoms with E-state index in [1.165, 1.54) is 21.7 Å². The van der Waals surface area contributed by atoms with Crippen LogP contribution in [0.5, 0.6) is 0 Å². The molecule has 0 saturated carbocycles. The number of amides is 5. The van der Waals surface area contributed by atoms with Crippen LogP contribution in [0.15, 0.2) is 12.2 Å². The first kappa shape index (κ1) is 44.0. The van der Waals surface area contributed by atoms with Crippen molar-refractivity contribution in [2.45, 2.75) is 132 Å². The van der Waals surface area contributed by atoms with E-state index >= 15 is 0 Å². The minimum absolute atomic E-state index is 0.0934. The van der Waals surface area contributed by atoms with E-state index in [0.717, 1.165) is 6.42 Å². The number of likely N-dealkylation sites (N-methyl/N-ethyl adjacent to an activating group) is 4. The average Bonchev–Trinajstić information content (AvgIpc) is 2.98. The average molecular weight is 666 g/mol. The summed E-state index contributed by atoms with van der Waals surface area (Å²) in [5.74, 6) is -2.65. The Balaban J connectivity index is 6.75. The lowest BCUT2D eigenvalue weighted by atomic mass is 9.91. The molecule has 11 nitrogen and oxygen atoms in total. The first-order valence-electron chi connectivity index (χ1n) is 17.2. The number of rotatable bonds is 18. The number of hydrogen-bond donors (Lipinski definition) is 2. The van der Waals surface area contributed by atoms with Gasteiger partial charge in [-0.2, -0.15) is 0 Å². The predicted molar refractivity (Wildman–Crippen MR) is 188 cm³/mol. The molecule has 0 aromatic carbocycles. The number of aliphatic hydroxyl groups is 1. The maximum Gasteiger partial charge on any atom is 0.246 e. The number of aliphatic hydroxyl groups excluding tert-OH is 1. The zero-order valence-electron chi connectivity index (χ0n) is 32.1. The molecule has 0 radical (unpaired) electrons. The van der Waals surface area contributed by atoms with Gasteiger partial charge in [0.05, 0.1) is 6.10 Å². The normalized spacial score (nSPS) is 15.9. The van der Waals surface area contributed by atoms with E-state index in [4.69, 9.17) is 0 Å². The van der Waals surface area contributed by atoms with Crippen LogP contribution < -0.4 is 5.32 Å². The van der Waals surface area contributed by atoms with Gasteiger partial charge in [0.2, 0.25) is 29.5 Å². The van der Waals surface area contributed by atoms with Crippen molar-refractivity contribution in [3.63, 3.8) is 0 Å². The summed E-state index contributed by atoms with van der Waals surface area (Å²) in [6.45, 7) is 20.9. The van der Waals surface area contributed by atoms with Crippen molar-refractivity contribution in [2.75, 3.05) is 34.7 Å². The monoisotopic (exact) mass is 666 g/mol. The number of nitrogens with zero attached hydrogens (tertiary/aromatic N) is 4. The Hall–Kier alpha value is -2.95. The molecule has 0 aromatic heterocycles. The number of allylic oxidation sites excluding steroid dienone is 2. The fourth-order valence-electron chi connectivity index (χ4n) is 5.83. The largest absolute Gasteiger partial charge is 0.390 e. The van der Waals surface area contributed by atoms with Crippen LogP contribution in [0.4, 0.5) is 0 Å². The lowest BCUT2D eigenvalue weighted by molar-refractivity contribution is -0.157. The van der Waals surface area contributed by atoms with Gasteiger partial charge in [0, 0.05) is 40.2 Å². The molecule has 0 aliphatic heterocycles. The summed E-state index contributed by atoms with van der Waals surface area (Å²) in [7, 11) is 6.31. The molecule has 1 unspecified atom stereocenters. The van der Waals surface area contributed by atoms with Crippen molar-refractivity contribution < 1.29 is 29.1 Å². The molecule has 0 bridgehead atoms. The molecule has 0 saturated heterocycles. The second-order valence-corrected chi connectivity index (χ2v) is 14.8. The minimum Gasteiger partial charge on any atom is -0.390 e. The molecule has 0 spiro atoms. The van der Waals surface area contributed by atoms with Crippen LogP contribution in [0.25, 0.3) is 0 Å². The third-order valence-corrected chi connectivity index (χ3v) is 8.70. The number of hydrogen-bond acceptors (Lipinski definition) is 6. The summed E-state index contributed by atoms with van der Waals surface area (Å²) in [6.07, 6.45) is 4.44. The zero-order chi connectivity index (χ0) is 37.0. The lowest BCUT2D eigenvalue weighted by Crippen LogP contribution is -2.63. The van der Waals surface area contributed by atoms with Crippen LogP contribution in [-0.2, 0) is 24.0 Å². The summed E-state index contributed by atoms with van der Waals surface area (Å²) in [5.41, 5.74) is -0.709. The molecule has 0 rings (SSSR count).